The minimum absolute atomic E-state index is 0.956. The number of aliphatic imine (C=N–C) groups is 1. The Morgan fingerprint density at radius 3 is 2.88 bits per heavy atom. The van der Waals surface area contributed by atoms with Gasteiger partial charge in [0.15, 0.2) is 0 Å². The second kappa shape index (κ2) is 2.85. The molecule has 1 heteroatoms. The highest BCUT2D eigenvalue weighted by molar-refractivity contribution is 5.56. The molecule has 0 atom stereocenters. The molecule has 0 aromatic carbocycles. The van der Waals surface area contributed by atoms with Gasteiger partial charge in [-0.15, -0.1) is 0 Å². The first-order valence-corrected chi connectivity index (χ1v) is 3.41. The Bertz CT molecular complexity index is 82.4. The van der Waals surface area contributed by atoms with E-state index in [1.54, 1.807) is 0 Å². The van der Waals surface area contributed by atoms with Gasteiger partial charge in [-0.05, 0) is 31.4 Å². The molecule has 1 nitrogen and oxygen atoms in total. The zero-order valence-electron chi connectivity index (χ0n) is 5.43. The molecule has 0 bridgehead atoms. The lowest BCUT2D eigenvalue weighted by atomic mass is 10.4. The maximum absolute atomic E-state index is 4.23. The van der Waals surface area contributed by atoms with E-state index in [0.717, 1.165) is 18.9 Å². The standard InChI is InChI=1S/C7H13N/c1-2-5-8-6-7-3-4-7/h5,7H,2-4,6H2,1H3. The van der Waals surface area contributed by atoms with Crippen molar-refractivity contribution in [2.45, 2.75) is 26.2 Å². The summed E-state index contributed by atoms with van der Waals surface area (Å²) in [6.45, 7) is 3.21. The highest BCUT2D eigenvalue weighted by Gasteiger charge is 2.19. The predicted octanol–water partition coefficient (Wildman–Crippen LogP) is 1.88. The Hall–Kier alpha value is -0.330. The number of hydrogen-bond acceptors (Lipinski definition) is 1. The minimum Gasteiger partial charge on any atom is -0.297 e. The van der Waals surface area contributed by atoms with Crippen LogP contribution in [0.15, 0.2) is 4.99 Å². The van der Waals surface area contributed by atoms with Crippen LogP contribution in [0.5, 0.6) is 0 Å². The first-order chi connectivity index (χ1) is 3.93. The lowest BCUT2D eigenvalue weighted by molar-refractivity contribution is 0.849. The minimum atomic E-state index is 0.956. The maximum Gasteiger partial charge on any atom is 0.0413 e. The van der Waals surface area contributed by atoms with Crippen LogP contribution in [0.25, 0.3) is 0 Å². The molecule has 0 amide bonds. The summed E-state index contributed by atoms with van der Waals surface area (Å²) < 4.78 is 0. The summed E-state index contributed by atoms with van der Waals surface area (Å²) >= 11 is 0. The van der Waals surface area contributed by atoms with E-state index in [4.69, 9.17) is 0 Å². The van der Waals surface area contributed by atoms with Gasteiger partial charge >= 0.3 is 0 Å². The van der Waals surface area contributed by atoms with Crippen LogP contribution in [0.4, 0.5) is 0 Å². The molecule has 0 heterocycles. The van der Waals surface area contributed by atoms with Crippen LogP contribution < -0.4 is 0 Å². The third-order valence-corrected chi connectivity index (χ3v) is 1.37. The van der Waals surface area contributed by atoms with E-state index in [1.807, 2.05) is 6.21 Å². The lowest BCUT2D eigenvalue weighted by Gasteiger charge is -1.83. The van der Waals surface area contributed by atoms with Crippen molar-refractivity contribution in [1.29, 1.82) is 0 Å². The second-order valence-electron chi connectivity index (χ2n) is 2.40. The van der Waals surface area contributed by atoms with Crippen molar-refractivity contribution in [3.63, 3.8) is 0 Å². The molecule has 0 aliphatic heterocycles. The van der Waals surface area contributed by atoms with E-state index in [9.17, 15) is 0 Å². The Morgan fingerprint density at radius 1 is 1.62 bits per heavy atom. The smallest absolute Gasteiger partial charge is 0.0413 e. The Morgan fingerprint density at radius 2 is 2.38 bits per heavy atom. The molecule has 0 unspecified atom stereocenters. The Kier molecular flexibility index (Phi) is 2.07. The first kappa shape index (κ1) is 5.80. The van der Waals surface area contributed by atoms with Gasteiger partial charge in [0.25, 0.3) is 0 Å². The Labute approximate surface area is 50.8 Å². The van der Waals surface area contributed by atoms with E-state index in [1.165, 1.54) is 12.8 Å². The van der Waals surface area contributed by atoms with Gasteiger partial charge in [-0.3, -0.25) is 4.99 Å². The van der Waals surface area contributed by atoms with E-state index < -0.39 is 0 Å². The fourth-order valence-corrected chi connectivity index (χ4v) is 0.653. The van der Waals surface area contributed by atoms with Crippen molar-refractivity contribution in [2.24, 2.45) is 10.9 Å². The summed E-state index contributed by atoms with van der Waals surface area (Å²) in [6.07, 6.45) is 5.94. The number of nitrogens with zero attached hydrogens (tertiary/aromatic N) is 1. The second-order valence-corrected chi connectivity index (χ2v) is 2.40. The van der Waals surface area contributed by atoms with Gasteiger partial charge in [-0.1, -0.05) is 6.92 Å². The highest BCUT2D eigenvalue weighted by Crippen LogP contribution is 2.28. The van der Waals surface area contributed by atoms with Crippen molar-refractivity contribution < 1.29 is 0 Å². The molecule has 0 saturated heterocycles. The monoisotopic (exact) mass is 111 g/mol. The quantitative estimate of drug-likeness (QED) is 0.493. The topological polar surface area (TPSA) is 12.4 Å². The van der Waals surface area contributed by atoms with E-state index in [2.05, 4.69) is 11.9 Å². The largest absolute Gasteiger partial charge is 0.297 e. The summed E-state index contributed by atoms with van der Waals surface area (Å²) in [5.41, 5.74) is 0. The molecule has 1 rings (SSSR count). The van der Waals surface area contributed by atoms with Crippen LogP contribution in [0, 0.1) is 5.92 Å². The summed E-state index contributed by atoms with van der Waals surface area (Å²) in [5.74, 6) is 0.956. The predicted molar refractivity (Wildman–Crippen MR) is 36.4 cm³/mol. The molecule has 0 aromatic heterocycles. The van der Waals surface area contributed by atoms with Gasteiger partial charge in [-0.2, -0.15) is 0 Å². The van der Waals surface area contributed by atoms with Crippen LogP contribution in [0.1, 0.15) is 26.2 Å². The van der Waals surface area contributed by atoms with Gasteiger partial charge in [-0.25, -0.2) is 0 Å². The molecule has 0 aromatic rings. The molecule has 1 fully saturated rings. The summed E-state index contributed by atoms with van der Waals surface area (Å²) in [6, 6.07) is 0. The lowest BCUT2D eigenvalue weighted by Crippen LogP contribution is -1.81. The molecule has 0 radical (unpaired) electrons. The molecular formula is C7H13N. The number of hydrogen-bond donors (Lipinski definition) is 0. The van der Waals surface area contributed by atoms with Crippen LogP contribution in [0.3, 0.4) is 0 Å². The van der Waals surface area contributed by atoms with Crippen LogP contribution in [-0.2, 0) is 0 Å². The molecule has 1 aliphatic carbocycles. The number of rotatable bonds is 3. The third kappa shape index (κ3) is 2.10. The zero-order valence-corrected chi connectivity index (χ0v) is 5.43. The molecular weight excluding hydrogens is 98.1 g/mol. The van der Waals surface area contributed by atoms with Gasteiger partial charge in [0.2, 0.25) is 0 Å². The molecule has 1 aliphatic rings. The summed E-state index contributed by atoms with van der Waals surface area (Å²) in [4.78, 5) is 4.23. The molecule has 0 N–H and O–H groups in total. The van der Waals surface area contributed by atoms with E-state index in [-0.39, 0.29) is 0 Å². The molecule has 8 heavy (non-hydrogen) atoms. The van der Waals surface area contributed by atoms with Gasteiger partial charge < -0.3 is 0 Å². The van der Waals surface area contributed by atoms with Crippen molar-refractivity contribution in [3.8, 4) is 0 Å². The van der Waals surface area contributed by atoms with E-state index >= 15 is 0 Å². The van der Waals surface area contributed by atoms with Gasteiger partial charge in [0.05, 0.1) is 0 Å². The van der Waals surface area contributed by atoms with Gasteiger partial charge in [0, 0.05) is 6.54 Å². The third-order valence-electron chi connectivity index (χ3n) is 1.37. The maximum atomic E-state index is 4.23. The Balaban J connectivity index is 1.93. The van der Waals surface area contributed by atoms with Crippen LogP contribution in [-0.4, -0.2) is 12.8 Å². The summed E-state index contributed by atoms with van der Waals surface area (Å²) in [7, 11) is 0. The van der Waals surface area contributed by atoms with Crippen molar-refractivity contribution in [3.05, 3.63) is 0 Å². The fraction of sp³-hybridized carbons (Fsp3) is 0.857. The summed E-state index contributed by atoms with van der Waals surface area (Å²) in [5, 5.41) is 0. The SMILES string of the molecule is CCC=NCC1CC1. The van der Waals surface area contributed by atoms with Crippen LogP contribution in [0.2, 0.25) is 0 Å². The molecule has 0 spiro atoms. The molecule has 46 valence electrons. The van der Waals surface area contributed by atoms with Crippen molar-refractivity contribution in [1.82, 2.24) is 0 Å². The average Bonchev–Trinajstić information content (AvgIpc) is 2.51. The average molecular weight is 111 g/mol. The molecule has 1 saturated carbocycles. The normalized spacial score (nSPS) is 20.1. The fourth-order valence-electron chi connectivity index (χ4n) is 0.653. The van der Waals surface area contributed by atoms with E-state index in [0.29, 0.717) is 0 Å². The highest BCUT2D eigenvalue weighted by atomic mass is 14.7. The van der Waals surface area contributed by atoms with Crippen LogP contribution >= 0.6 is 0 Å². The van der Waals surface area contributed by atoms with Gasteiger partial charge in [0.1, 0.15) is 0 Å². The van der Waals surface area contributed by atoms with Crippen molar-refractivity contribution in [2.75, 3.05) is 6.54 Å². The zero-order chi connectivity index (χ0) is 5.82. The first-order valence-electron chi connectivity index (χ1n) is 3.41. The van der Waals surface area contributed by atoms with Crippen molar-refractivity contribution >= 4 is 6.21 Å².